The Morgan fingerprint density at radius 1 is 1.25 bits per heavy atom. The molecule has 0 spiro atoms. The predicted molar refractivity (Wildman–Crippen MR) is 109 cm³/mol. The first kappa shape index (κ1) is 20.6. The topological polar surface area (TPSA) is 68.7 Å². The van der Waals surface area contributed by atoms with Crippen LogP contribution >= 0.6 is 0 Å². The summed E-state index contributed by atoms with van der Waals surface area (Å²) in [4.78, 5) is 7.13. The van der Waals surface area contributed by atoms with Gasteiger partial charge in [0.15, 0.2) is 21.3 Å². The molecule has 3 rings (SSSR count). The Morgan fingerprint density at radius 3 is 2.79 bits per heavy atom. The van der Waals surface area contributed by atoms with Crippen LogP contribution in [0.25, 0.3) is 0 Å². The molecule has 0 N–H and O–H groups in total. The number of rotatable bonds is 7. The van der Waals surface area contributed by atoms with E-state index in [1.54, 1.807) is 25.4 Å². The first-order valence-electron chi connectivity index (χ1n) is 9.59. The number of methoxy groups -OCH3 is 1. The van der Waals surface area contributed by atoms with Crippen molar-refractivity contribution in [2.24, 2.45) is 0 Å². The van der Waals surface area contributed by atoms with Gasteiger partial charge in [0.2, 0.25) is 0 Å². The second-order valence-electron chi connectivity index (χ2n) is 7.15. The highest BCUT2D eigenvalue weighted by Crippen LogP contribution is 2.32. The van der Waals surface area contributed by atoms with Crippen LogP contribution in [-0.4, -0.2) is 51.4 Å². The van der Waals surface area contributed by atoms with Gasteiger partial charge in [0.05, 0.1) is 24.3 Å². The molecule has 2 aromatic rings. The highest BCUT2D eigenvalue weighted by Gasteiger charge is 2.27. The van der Waals surface area contributed by atoms with Gasteiger partial charge in [0, 0.05) is 31.5 Å². The van der Waals surface area contributed by atoms with Gasteiger partial charge in [0.1, 0.15) is 0 Å². The summed E-state index contributed by atoms with van der Waals surface area (Å²) in [5.74, 6) is 1.60. The molecule has 1 aromatic heterocycles. The molecule has 1 aromatic carbocycles. The molecule has 0 radical (unpaired) electrons. The summed E-state index contributed by atoms with van der Waals surface area (Å²) in [6.07, 6.45) is 4.89. The third-order valence-electron chi connectivity index (χ3n) is 5.03. The lowest BCUT2D eigenvalue weighted by Crippen LogP contribution is -2.34. The lowest BCUT2D eigenvalue weighted by Gasteiger charge is -2.33. The summed E-state index contributed by atoms with van der Waals surface area (Å²) in [5.41, 5.74) is 1.84. The number of sulfone groups is 1. The van der Waals surface area contributed by atoms with E-state index in [0.717, 1.165) is 49.5 Å². The lowest BCUT2D eigenvalue weighted by molar-refractivity contribution is 0.197. The fourth-order valence-electron chi connectivity index (χ4n) is 3.79. The van der Waals surface area contributed by atoms with Gasteiger partial charge >= 0.3 is 0 Å². The Bertz CT molecular complexity index is 914. The van der Waals surface area contributed by atoms with Crippen LogP contribution < -0.4 is 9.47 Å². The maximum absolute atomic E-state index is 12.1. The third-order valence-corrected chi connectivity index (χ3v) is 6.17. The van der Waals surface area contributed by atoms with Crippen LogP contribution in [0, 0.1) is 0 Å². The van der Waals surface area contributed by atoms with Gasteiger partial charge in [-0.25, -0.2) is 8.42 Å². The van der Waals surface area contributed by atoms with Gasteiger partial charge in [0.25, 0.3) is 0 Å². The van der Waals surface area contributed by atoms with Crippen LogP contribution in [-0.2, 0) is 16.4 Å². The maximum Gasteiger partial charge on any atom is 0.177 e. The van der Waals surface area contributed by atoms with Gasteiger partial charge in [-0.2, -0.15) is 0 Å². The van der Waals surface area contributed by atoms with Crippen LogP contribution in [0.1, 0.15) is 36.9 Å². The molecule has 6 nitrogen and oxygen atoms in total. The van der Waals surface area contributed by atoms with Crippen molar-refractivity contribution in [2.45, 2.75) is 37.1 Å². The minimum absolute atomic E-state index is 0.115. The van der Waals surface area contributed by atoms with Crippen molar-refractivity contribution < 1.29 is 17.9 Å². The lowest BCUT2D eigenvalue weighted by atomic mass is 9.94. The largest absolute Gasteiger partial charge is 0.493 e. The van der Waals surface area contributed by atoms with E-state index in [2.05, 4.69) is 16.0 Å². The van der Waals surface area contributed by atoms with Gasteiger partial charge < -0.3 is 9.47 Å². The van der Waals surface area contributed by atoms with E-state index in [0.29, 0.717) is 17.2 Å². The summed E-state index contributed by atoms with van der Waals surface area (Å²) in [7, 11) is -1.64. The average molecular weight is 405 g/mol. The minimum atomic E-state index is -3.29. The zero-order valence-corrected chi connectivity index (χ0v) is 17.5. The van der Waals surface area contributed by atoms with E-state index in [4.69, 9.17) is 9.47 Å². The molecule has 0 aliphatic carbocycles. The smallest absolute Gasteiger partial charge is 0.177 e. The van der Waals surface area contributed by atoms with Gasteiger partial charge in [-0.1, -0.05) is 6.07 Å². The summed E-state index contributed by atoms with van der Waals surface area (Å²) in [5, 5.41) is 0. The third kappa shape index (κ3) is 4.83. The van der Waals surface area contributed by atoms with Gasteiger partial charge in [-0.3, -0.25) is 9.88 Å². The SMILES string of the molecule is CCOc1ccc(CN2CCCC(c3ncccc3S(C)(=O)=O)C2)cc1OC. The summed E-state index contributed by atoms with van der Waals surface area (Å²) >= 11 is 0. The molecule has 28 heavy (non-hydrogen) atoms. The average Bonchev–Trinajstić information content (AvgIpc) is 2.69. The molecule has 1 aliphatic heterocycles. The number of benzene rings is 1. The van der Waals surface area contributed by atoms with Crippen molar-refractivity contribution in [1.82, 2.24) is 9.88 Å². The van der Waals surface area contributed by atoms with E-state index >= 15 is 0 Å². The maximum atomic E-state index is 12.1. The zero-order valence-electron chi connectivity index (χ0n) is 16.7. The molecular weight excluding hydrogens is 376 g/mol. The van der Waals surface area contributed by atoms with Gasteiger partial charge in [-0.15, -0.1) is 0 Å². The fourth-order valence-corrected chi connectivity index (χ4v) is 4.71. The van der Waals surface area contributed by atoms with Crippen molar-refractivity contribution in [2.75, 3.05) is 33.1 Å². The summed E-state index contributed by atoms with van der Waals surface area (Å²) in [6, 6.07) is 9.36. The van der Waals surface area contributed by atoms with Crippen molar-refractivity contribution >= 4 is 9.84 Å². The molecule has 0 amide bonds. The van der Waals surface area contributed by atoms with Crippen molar-refractivity contribution in [3.8, 4) is 11.5 Å². The van der Waals surface area contributed by atoms with Crippen LogP contribution in [0.4, 0.5) is 0 Å². The van der Waals surface area contributed by atoms with Crippen molar-refractivity contribution in [3.63, 3.8) is 0 Å². The Hall–Kier alpha value is -2.12. The Balaban J connectivity index is 1.76. The predicted octanol–water partition coefficient (Wildman–Crippen LogP) is 3.27. The van der Waals surface area contributed by atoms with E-state index in [1.165, 1.54) is 6.26 Å². The molecule has 1 unspecified atom stereocenters. The van der Waals surface area contributed by atoms with E-state index in [-0.39, 0.29) is 5.92 Å². The first-order chi connectivity index (χ1) is 13.4. The quantitative estimate of drug-likeness (QED) is 0.705. The van der Waals surface area contributed by atoms with Crippen molar-refractivity contribution in [3.05, 3.63) is 47.8 Å². The van der Waals surface area contributed by atoms with Gasteiger partial charge in [-0.05, 0) is 56.1 Å². The number of likely N-dealkylation sites (tertiary alicyclic amines) is 1. The number of hydrogen-bond donors (Lipinski definition) is 0. The van der Waals surface area contributed by atoms with E-state index < -0.39 is 9.84 Å². The number of piperidine rings is 1. The first-order valence-corrected chi connectivity index (χ1v) is 11.5. The molecule has 1 fully saturated rings. The molecule has 0 saturated carbocycles. The number of hydrogen-bond acceptors (Lipinski definition) is 6. The molecular formula is C21H28N2O4S. The highest BCUT2D eigenvalue weighted by atomic mass is 32.2. The van der Waals surface area contributed by atoms with E-state index in [9.17, 15) is 8.42 Å². The zero-order chi connectivity index (χ0) is 20.1. The highest BCUT2D eigenvalue weighted by molar-refractivity contribution is 7.90. The molecule has 7 heteroatoms. The van der Waals surface area contributed by atoms with Crippen LogP contribution in [0.15, 0.2) is 41.4 Å². The van der Waals surface area contributed by atoms with Crippen LogP contribution in [0.5, 0.6) is 11.5 Å². The monoisotopic (exact) mass is 404 g/mol. The standard InChI is InChI=1S/C21H28N2O4S/c1-4-27-18-10-9-16(13-19(18)26-2)14-23-12-6-7-17(15-23)21-20(28(3,24)25)8-5-11-22-21/h5,8-11,13,17H,4,6-7,12,14-15H2,1-3H3. The van der Waals surface area contributed by atoms with Crippen LogP contribution in [0.2, 0.25) is 0 Å². The number of nitrogens with zero attached hydrogens (tertiary/aromatic N) is 2. The Labute approximate surface area is 167 Å². The molecule has 1 saturated heterocycles. The molecule has 0 bridgehead atoms. The molecule has 2 heterocycles. The van der Waals surface area contributed by atoms with E-state index in [1.807, 2.05) is 19.1 Å². The van der Waals surface area contributed by atoms with Crippen LogP contribution in [0.3, 0.4) is 0 Å². The Kier molecular flexibility index (Phi) is 6.57. The molecule has 1 atom stereocenters. The number of aromatic nitrogens is 1. The second-order valence-corrected chi connectivity index (χ2v) is 9.14. The summed E-state index contributed by atoms with van der Waals surface area (Å²) in [6.45, 7) is 5.09. The minimum Gasteiger partial charge on any atom is -0.493 e. The second kappa shape index (κ2) is 8.92. The normalized spacial score (nSPS) is 18.0. The molecule has 1 aliphatic rings. The Morgan fingerprint density at radius 2 is 2.07 bits per heavy atom. The number of pyridine rings is 1. The van der Waals surface area contributed by atoms with Crippen molar-refractivity contribution in [1.29, 1.82) is 0 Å². The summed E-state index contributed by atoms with van der Waals surface area (Å²) < 4.78 is 35.3. The fraction of sp³-hybridized carbons (Fsp3) is 0.476. The number of ether oxygens (including phenoxy) is 2. The molecule has 152 valence electrons.